The summed E-state index contributed by atoms with van der Waals surface area (Å²) in [5, 5.41) is 0. The molecule has 0 amide bonds. The van der Waals surface area contributed by atoms with E-state index >= 15 is 0 Å². The van der Waals surface area contributed by atoms with Crippen molar-refractivity contribution in [2.45, 2.75) is 18.9 Å². The lowest BCUT2D eigenvalue weighted by Crippen LogP contribution is -2.30. The van der Waals surface area contributed by atoms with Gasteiger partial charge in [-0.3, -0.25) is 0 Å². The molecule has 1 rings (SSSR count). The van der Waals surface area contributed by atoms with Crippen molar-refractivity contribution >= 4 is 0 Å². The predicted molar refractivity (Wildman–Crippen MR) is 32.6 cm³/mol. The topological polar surface area (TPSA) is 35.2 Å². The molecule has 0 saturated heterocycles. The summed E-state index contributed by atoms with van der Waals surface area (Å²) in [6, 6.07) is -1.23. The van der Waals surface area contributed by atoms with Gasteiger partial charge in [0.15, 0.2) is 0 Å². The average Bonchev–Trinajstić information content (AvgIpc) is 2.36. The average molecular weight is 149 g/mol. The van der Waals surface area contributed by atoms with E-state index in [4.69, 9.17) is 10.5 Å². The van der Waals surface area contributed by atoms with Gasteiger partial charge in [0.25, 0.3) is 6.43 Å². The molecule has 2 nitrogen and oxygen atoms in total. The van der Waals surface area contributed by atoms with E-state index in [0.717, 1.165) is 0 Å². The number of rotatable bonds is 2. The second-order valence-electron chi connectivity index (χ2n) is 2.10. The third-order valence-electron chi connectivity index (χ3n) is 1.33. The lowest BCUT2D eigenvalue weighted by Gasteiger charge is -2.10. The number of hydrogen-bond acceptors (Lipinski definition) is 2. The Morgan fingerprint density at radius 2 is 2.30 bits per heavy atom. The third-order valence-corrected chi connectivity index (χ3v) is 1.33. The normalized spacial score (nSPS) is 20.6. The minimum atomic E-state index is -2.52. The highest BCUT2D eigenvalue weighted by atomic mass is 19.3. The largest absolute Gasteiger partial charge is 0.496 e. The highest BCUT2D eigenvalue weighted by Gasteiger charge is 2.23. The van der Waals surface area contributed by atoms with Gasteiger partial charge in [0, 0.05) is 6.42 Å². The molecule has 0 radical (unpaired) electrons. The van der Waals surface area contributed by atoms with Crippen molar-refractivity contribution in [2.75, 3.05) is 6.61 Å². The molecule has 0 aromatic heterocycles. The molecule has 0 saturated carbocycles. The molecule has 2 N–H and O–H groups in total. The zero-order valence-electron chi connectivity index (χ0n) is 5.39. The Labute approximate surface area is 57.7 Å². The van der Waals surface area contributed by atoms with E-state index in [9.17, 15) is 8.78 Å². The van der Waals surface area contributed by atoms with Crippen LogP contribution in [0.2, 0.25) is 0 Å². The minimum absolute atomic E-state index is 0.231. The molecule has 0 spiro atoms. The van der Waals surface area contributed by atoms with Crippen molar-refractivity contribution in [2.24, 2.45) is 5.73 Å². The molecule has 0 aromatic rings. The molecular formula is C6H9F2NO. The van der Waals surface area contributed by atoms with Gasteiger partial charge in [-0.15, -0.1) is 0 Å². The summed E-state index contributed by atoms with van der Waals surface area (Å²) in [4.78, 5) is 0. The second kappa shape index (κ2) is 2.96. The number of halogens is 2. The number of hydrogen-bond donors (Lipinski definition) is 1. The molecule has 1 heterocycles. The number of nitrogens with two attached hydrogens (primary N) is 1. The van der Waals surface area contributed by atoms with E-state index in [-0.39, 0.29) is 5.76 Å². The lowest BCUT2D eigenvalue weighted by atomic mass is 10.2. The lowest BCUT2D eigenvalue weighted by molar-refractivity contribution is 0.0973. The van der Waals surface area contributed by atoms with Gasteiger partial charge in [-0.05, 0) is 6.08 Å². The fourth-order valence-electron chi connectivity index (χ4n) is 0.793. The van der Waals surface area contributed by atoms with Crippen LogP contribution in [0.1, 0.15) is 6.42 Å². The molecule has 0 aromatic carbocycles. The summed E-state index contributed by atoms with van der Waals surface area (Å²) >= 11 is 0. The Morgan fingerprint density at radius 1 is 1.60 bits per heavy atom. The van der Waals surface area contributed by atoms with Crippen molar-refractivity contribution < 1.29 is 13.5 Å². The van der Waals surface area contributed by atoms with E-state index in [1.807, 2.05) is 0 Å². The van der Waals surface area contributed by atoms with Gasteiger partial charge in [-0.25, -0.2) is 8.78 Å². The maximum absolute atomic E-state index is 11.8. The molecule has 1 unspecified atom stereocenters. The van der Waals surface area contributed by atoms with Crippen LogP contribution in [0, 0.1) is 0 Å². The van der Waals surface area contributed by atoms with Gasteiger partial charge >= 0.3 is 0 Å². The van der Waals surface area contributed by atoms with E-state index < -0.39 is 12.5 Å². The molecule has 1 atom stereocenters. The first-order valence-electron chi connectivity index (χ1n) is 3.08. The smallest absolute Gasteiger partial charge is 0.260 e. The van der Waals surface area contributed by atoms with Gasteiger partial charge in [-0.2, -0.15) is 0 Å². The quantitative estimate of drug-likeness (QED) is 0.632. The van der Waals surface area contributed by atoms with Gasteiger partial charge < -0.3 is 10.5 Å². The Hall–Kier alpha value is -0.640. The molecule has 58 valence electrons. The van der Waals surface area contributed by atoms with Crippen LogP contribution in [0.5, 0.6) is 0 Å². The fourth-order valence-corrected chi connectivity index (χ4v) is 0.793. The number of alkyl halides is 2. The zero-order chi connectivity index (χ0) is 7.56. The molecule has 1 aliphatic heterocycles. The first-order chi connectivity index (χ1) is 4.72. The SMILES string of the molecule is NC(C1=CCCO1)C(F)F. The highest BCUT2D eigenvalue weighted by molar-refractivity contribution is 5.06. The van der Waals surface area contributed by atoms with Crippen LogP contribution >= 0.6 is 0 Å². The van der Waals surface area contributed by atoms with Gasteiger partial charge in [-0.1, -0.05) is 0 Å². The van der Waals surface area contributed by atoms with Gasteiger partial charge in [0.1, 0.15) is 11.8 Å². The van der Waals surface area contributed by atoms with Gasteiger partial charge in [0.05, 0.1) is 6.61 Å². The Balaban J connectivity index is 2.47. The maximum atomic E-state index is 11.8. The molecule has 0 aliphatic carbocycles. The minimum Gasteiger partial charge on any atom is -0.496 e. The Kier molecular flexibility index (Phi) is 2.21. The van der Waals surface area contributed by atoms with Crippen molar-refractivity contribution in [3.63, 3.8) is 0 Å². The molecule has 10 heavy (non-hydrogen) atoms. The first kappa shape index (κ1) is 7.47. The van der Waals surface area contributed by atoms with Crippen LogP contribution in [0.25, 0.3) is 0 Å². The monoisotopic (exact) mass is 149 g/mol. The Morgan fingerprint density at radius 3 is 2.70 bits per heavy atom. The standard InChI is InChI=1S/C6H9F2NO/c7-6(8)5(9)4-2-1-3-10-4/h2,5-6H,1,3,9H2. The van der Waals surface area contributed by atoms with Gasteiger partial charge in [0.2, 0.25) is 0 Å². The molecule has 0 fully saturated rings. The zero-order valence-corrected chi connectivity index (χ0v) is 5.39. The van der Waals surface area contributed by atoms with Crippen molar-refractivity contribution in [1.82, 2.24) is 0 Å². The Bertz CT molecular complexity index is 147. The number of ether oxygens (including phenoxy) is 1. The maximum Gasteiger partial charge on any atom is 0.260 e. The van der Waals surface area contributed by atoms with Crippen molar-refractivity contribution in [3.05, 3.63) is 11.8 Å². The van der Waals surface area contributed by atoms with Crippen LogP contribution in [-0.2, 0) is 4.74 Å². The summed E-state index contributed by atoms with van der Waals surface area (Å²) in [6.45, 7) is 0.482. The summed E-state index contributed by atoms with van der Waals surface area (Å²) in [5.74, 6) is 0.231. The summed E-state index contributed by atoms with van der Waals surface area (Å²) in [7, 11) is 0. The van der Waals surface area contributed by atoms with Crippen molar-refractivity contribution in [3.8, 4) is 0 Å². The molecular weight excluding hydrogens is 140 g/mol. The van der Waals surface area contributed by atoms with Crippen LogP contribution in [-0.4, -0.2) is 19.1 Å². The van der Waals surface area contributed by atoms with E-state index in [2.05, 4.69) is 0 Å². The summed E-state index contributed by atoms with van der Waals surface area (Å²) < 4.78 is 28.5. The third kappa shape index (κ3) is 1.44. The van der Waals surface area contributed by atoms with Crippen LogP contribution in [0.3, 0.4) is 0 Å². The molecule has 1 aliphatic rings. The van der Waals surface area contributed by atoms with E-state index in [1.54, 1.807) is 6.08 Å². The predicted octanol–water partition coefficient (Wildman–Crippen LogP) is 0.883. The molecule has 0 bridgehead atoms. The molecule has 4 heteroatoms. The van der Waals surface area contributed by atoms with E-state index in [0.29, 0.717) is 13.0 Å². The van der Waals surface area contributed by atoms with E-state index in [1.165, 1.54) is 0 Å². The summed E-state index contributed by atoms with van der Waals surface area (Å²) in [6.07, 6.45) is -0.226. The van der Waals surface area contributed by atoms with Crippen LogP contribution < -0.4 is 5.73 Å². The first-order valence-corrected chi connectivity index (χ1v) is 3.08. The highest BCUT2D eigenvalue weighted by Crippen LogP contribution is 2.16. The van der Waals surface area contributed by atoms with Crippen LogP contribution in [0.4, 0.5) is 8.78 Å². The fraction of sp³-hybridized carbons (Fsp3) is 0.667. The van der Waals surface area contributed by atoms with Crippen molar-refractivity contribution in [1.29, 1.82) is 0 Å². The van der Waals surface area contributed by atoms with Crippen LogP contribution in [0.15, 0.2) is 11.8 Å². The second-order valence-corrected chi connectivity index (χ2v) is 2.10. The summed E-state index contributed by atoms with van der Waals surface area (Å²) in [5.41, 5.74) is 5.08.